The molecule has 0 spiro atoms. The highest BCUT2D eigenvalue weighted by molar-refractivity contribution is 5.80. The van der Waals surface area contributed by atoms with E-state index >= 15 is 0 Å². The van der Waals surface area contributed by atoms with Gasteiger partial charge < -0.3 is 9.15 Å². The largest absolute Gasteiger partial charge is 0.494 e. The zero-order valence-electron chi connectivity index (χ0n) is 8.91. The Balaban J connectivity index is 2.23. The molecule has 78 valence electrons. The summed E-state index contributed by atoms with van der Waals surface area (Å²) in [5.41, 5.74) is 2.83. The molecule has 3 heteroatoms. The van der Waals surface area contributed by atoms with Crippen molar-refractivity contribution >= 4 is 11.1 Å². The quantitative estimate of drug-likeness (QED) is 0.752. The first-order chi connectivity index (χ1) is 7.28. The van der Waals surface area contributed by atoms with Crippen molar-refractivity contribution < 1.29 is 9.15 Å². The second kappa shape index (κ2) is 2.99. The summed E-state index contributed by atoms with van der Waals surface area (Å²) in [5, 5.41) is 0. The Hall–Kier alpha value is -1.51. The Labute approximate surface area is 88.1 Å². The number of nitrogens with zero attached hydrogens (tertiary/aromatic N) is 1. The number of aryl methyl sites for hydroxylation is 1. The predicted molar refractivity (Wildman–Crippen MR) is 57.3 cm³/mol. The van der Waals surface area contributed by atoms with Gasteiger partial charge in [0.15, 0.2) is 17.0 Å². The van der Waals surface area contributed by atoms with Crippen LogP contribution >= 0.6 is 0 Å². The van der Waals surface area contributed by atoms with Crippen LogP contribution in [0.3, 0.4) is 0 Å². The van der Waals surface area contributed by atoms with Crippen molar-refractivity contribution in [3.05, 3.63) is 23.6 Å². The summed E-state index contributed by atoms with van der Waals surface area (Å²) < 4.78 is 11.0. The number of hydrogen-bond acceptors (Lipinski definition) is 3. The summed E-state index contributed by atoms with van der Waals surface area (Å²) in [4.78, 5) is 4.49. The molecule has 1 heterocycles. The van der Waals surface area contributed by atoms with Crippen LogP contribution in [0.1, 0.15) is 30.2 Å². The molecule has 0 radical (unpaired) electrons. The van der Waals surface area contributed by atoms with Gasteiger partial charge in [-0.2, -0.15) is 0 Å². The lowest BCUT2D eigenvalue weighted by Crippen LogP contribution is -1.85. The third-order valence-electron chi connectivity index (χ3n) is 2.77. The molecule has 2 aromatic rings. The van der Waals surface area contributed by atoms with Gasteiger partial charge in [-0.25, -0.2) is 4.98 Å². The summed E-state index contributed by atoms with van der Waals surface area (Å²) in [6.07, 6.45) is 2.40. The van der Waals surface area contributed by atoms with Crippen molar-refractivity contribution in [1.82, 2.24) is 4.98 Å². The van der Waals surface area contributed by atoms with E-state index in [0.717, 1.165) is 28.3 Å². The van der Waals surface area contributed by atoms with Gasteiger partial charge in [0, 0.05) is 5.92 Å². The number of oxazole rings is 1. The number of hydrogen-bond donors (Lipinski definition) is 0. The zero-order chi connectivity index (χ0) is 10.4. The minimum Gasteiger partial charge on any atom is -0.494 e. The van der Waals surface area contributed by atoms with Gasteiger partial charge in [0.2, 0.25) is 0 Å². The molecular weight excluding hydrogens is 190 g/mol. The van der Waals surface area contributed by atoms with Crippen LogP contribution < -0.4 is 4.74 Å². The third-order valence-corrected chi connectivity index (χ3v) is 2.77. The van der Waals surface area contributed by atoms with Crippen molar-refractivity contribution in [3.63, 3.8) is 0 Å². The molecule has 1 fully saturated rings. The minimum absolute atomic E-state index is 0.544. The third kappa shape index (κ3) is 1.39. The Morgan fingerprint density at radius 3 is 2.87 bits per heavy atom. The van der Waals surface area contributed by atoms with Crippen molar-refractivity contribution in [1.29, 1.82) is 0 Å². The van der Waals surface area contributed by atoms with Gasteiger partial charge in [-0.1, -0.05) is 0 Å². The number of aromatic nitrogens is 1. The number of rotatable bonds is 2. The van der Waals surface area contributed by atoms with E-state index < -0.39 is 0 Å². The van der Waals surface area contributed by atoms with Gasteiger partial charge in [-0.15, -0.1) is 0 Å². The standard InChI is InChI=1S/C12H13NO2/c1-7-5-9(14-2)11-10(6-7)15-12(13-11)8-3-4-8/h5-6,8H,3-4H2,1-2H3. The minimum atomic E-state index is 0.544. The van der Waals surface area contributed by atoms with Crippen molar-refractivity contribution in [2.75, 3.05) is 7.11 Å². The average molecular weight is 203 g/mol. The molecule has 15 heavy (non-hydrogen) atoms. The number of methoxy groups -OCH3 is 1. The molecule has 0 atom stereocenters. The number of benzene rings is 1. The van der Waals surface area contributed by atoms with E-state index in [2.05, 4.69) is 4.98 Å². The van der Waals surface area contributed by atoms with Gasteiger partial charge >= 0.3 is 0 Å². The molecule has 0 bridgehead atoms. The highest BCUT2D eigenvalue weighted by Crippen LogP contribution is 2.41. The lowest BCUT2D eigenvalue weighted by molar-refractivity contribution is 0.418. The summed E-state index contributed by atoms with van der Waals surface area (Å²) in [6.45, 7) is 2.03. The molecule has 0 amide bonds. The van der Waals surface area contributed by atoms with E-state index in [4.69, 9.17) is 9.15 Å². The first-order valence-electron chi connectivity index (χ1n) is 5.23. The van der Waals surface area contributed by atoms with Crippen LogP contribution in [0.5, 0.6) is 5.75 Å². The molecular formula is C12H13NO2. The highest BCUT2D eigenvalue weighted by Gasteiger charge is 2.29. The van der Waals surface area contributed by atoms with Crippen LogP contribution in [-0.2, 0) is 0 Å². The summed E-state index contributed by atoms with van der Waals surface area (Å²) in [7, 11) is 1.67. The number of ether oxygens (including phenoxy) is 1. The second-order valence-electron chi connectivity index (χ2n) is 4.14. The van der Waals surface area contributed by atoms with Gasteiger partial charge in [0.1, 0.15) is 5.75 Å². The van der Waals surface area contributed by atoms with Gasteiger partial charge in [0.05, 0.1) is 7.11 Å². The van der Waals surface area contributed by atoms with Gasteiger partial charge in [-0.3, -0.25) is 0 Å². The van der Waals surface area contributed by atoms with Crippen molar-refractivity contribution in [2.24, 2.45) is 0 Å². The summed E-state index contributed by atoms with van der Waals surface area (Å²) in [6, 6.07) is 4.00. The van der Waals surface area contributed by atoms with Gasteiger partial charge in [0.25, 0.3) is 0 Å². The SMILES string of the molecule is COc1cc(C)cc2oc(C3CC3)nc12. The Kier molecular flexibility index (Phi) is 1.75. The topological polar surface area (TPSA) is 35.3 Å². The van der Waals surface area contributed by atoms with Crippen LogP contribution in [0.25, 0.3) is 11.1 Å². The van der Waals surface area contributed by atoms with E-state index in [1.807, 2.05) is 19.1 Å². The lowest BCUT2D eigenvalue weighted by Gasteiger charge is -2.00. The Bertz CT molecular complexity index is 512. The van der Waals surface area contributed by atoms with E-state index in [1.165, 1.54) is 12.8 Å². The van der Waals surface area contributed by atoms with Crippen molar-refractivity contribution in [2.45, 2.75) is 25.7 Å². The summed E-state index contributed by atoms with van der Waals surface area (Å²) >= 11 is 0. The highest BCUT2D eigenvalue weighted by atomic mass is 16.5. The van der Waals surface area contributed by atoms with Crippen LogP contribution in [0.15, 0.2) is 16.5 Å². The molecule has 1 aromatic heterocycles. The number of fused-ring (bicyclic) bond motifs is 1. The maximum atomic E-state index is 5.72. The molecule has 1 aromatic carbocycles. The molecule has 0 unspecified atom stereocenters. The lowest BCUT2D eigenvalue weighted by atomic mass is 10.2. The molecule has 0 saturated heterocycles. The maximum absolute atomic E-state index is 5.72. The van der Waals surface area contributed by atoms with E-state index in [-0.39, 0.29) is 0 Å². The van der Waals surface area contributed by atoms with Crippen LogP contribution in [0.4, 0.5) is 0 Å². The fourth-order valence-electron chi connectivity index (χ4n) is 1.81. The monoisotopic (exact) mass is 203 g/mol. The molecule has 1 aliphatic rings. The Morgan fingerprint density at radius 1 is 1.40 bits per heavy atom. The molecule has 0 aliphatic heterocycles. The first kappa shape index (κ1) is 8.77. The maximum Gasteiger partial charge on any atom is 0.198 e. The van der Waals surface area contributed by atoms with Crippen molar-refractivity contribution in [3.8, 4) is 5.75 Å². The van der Waals surface area contributed by atoms with E-state index in [0.29, 0.717) is 5.92 Å². The average Bonchev–Trinajstić information content (AvgIpc) is 2.98. The Morgan fingerprint density at radius 2 is 2.20 bits per heavy atom. The molecule has 1 saturated carbocycles. The normalized spacial score (nSPS) is 15.9. The molecule has 3 nitrogen and oxygen atoms in total. The first-order valence-corrected chi connectivity index (χ1v) is 5.23. The van der Waals surface area contributed by atoms with E-state index in [1.54, 1.807) is 7.11 Å². The fourth-order valence-corrected chi connectivity index (χ4v) is 1.81. The summed E-state index contributed by atoms with van der Waals surface area (Å²) in [5.74, 6) is 2.22. The second-order valence-corrected chi connectivity index (χ2v) is 4.14. The smallest absolute Gasteiger partial charge is 0.198 e. The van der Waals surface area contributed by atoms with Crippen LogP contribution in [-0.4, -0.2) is 12.1 Å². The van der Waals surface area contributed by atoms with E-state index in [9.17, 15) is 0 Å². The predicted octanol–water partition coefficient (Wildman–Crippen LogP) is 3.02. The molecule has 0 N–H and O–H groups in total. The fraction of sp³-hybridized carbons (Fsp3) is 0.417. The zero-order valence-corrected chi connectivity index (χ0v) is 8.91. The van der Waals surface area contributed by atoms with Gasteiger partial charge in [-0.05, 0) is 37.5 Å². The molecule has 3 rings (SSSR count). The van der Waals surface area contributed by atoms with Crippen LogP contribution in [0.2, 0.25) is 0 Å². The van der Waals surface area contributed by atoms with Crippen LogP contribution in [0, 0.1) is 6.92 Å². The molecule has 1 aliphatic carbocycles.